The van der Waals surface area contributed by atoms with Crippen LogP contribution in [-0.2, 0) is 19.0 Å². The number of hydrogen-bond acceptors (Lipinski definition) is 5. The van der Waals surface area contributed by atoms with E-state index < -0.39 is 6.29 Å². The number of hydrogen-bond donors (Lipinski definition) is 0. The van der Waals surface area contributed by atoms with E-state index in [0.29, 0.717) is 19.8 Å². The molecule has 0 amide bonds. The van der Waals surface area contributed by atoms with Crippen molar-refractivity contribution < 1.29 is 19.0 Å². The molecule has 0 N–H and O–H groups in total. The first kappa shape index (κ1) is 15.3. The average molecular weight is 288 g/mol. The van der Waals surface area contributed by atoms with Gasteiger partial charge < -0.3 is 14.2 Å². The maximum absolute atomic E-state index is 12.5. The minimum absolute atomic E-state index is 0.0237. The minimum Gasteiger partial charge on any atom is -0.374 e. The Morgan fingerprint density at radius 1 is 1.42 bits per heavy atom. The highest BCUT2D eigenvalue weighted by atomic mass is 32.2. The molecule has 0 aromatic carbocycles. The number of ether oxygens (including phenoxy) is 3. The molecule has 1 spiro atoms. The van der Waals surface area contributed by atoms with E-state index in [-0.39, 0.29) is 17.3 Å². The summed E-state index contributed by atoms with van der Waals surface area (Å²) in [4.78, 5) is 12.5. The van der Waals surface area contributed by atoms with Crippen molar-refractivity contribution in [3.63, 3.8) is 0 Å². The maximum atomic E-state index is 12.5. The second kappa shape index (κ2) is 7.07. The Kier molecular flexibility index (Phi) is 5.69. The molecule has 2 aliphatic heterocycles. The van der Waals surface area contributed by atoms with E-state index in [1.165, 1.54) is 0 Å². The van der Waals surface area contributed by atoms with Crippen LogP contribution >= 0.6 is 11.8 Å². The Morgan fingerprint density at radius 3 is 2.74 bits per heavy atom. The molecule has 2 unspecified atom stereocenters. The molecular weight excluding hydrogens is 264 g/mol. The van der Waals surface area contributed by atoms with Gasteiger partial charge in [0.05, 0.1) is 5.60 Å². The van der Waals surface area contributed by atoms with Crippen molar-refractivity contribution in [2.75, 3.05) is 31.3 Å². The van der Waals surface area contributed by atoms with E-state index in [9.17, 15) is 4.79 Å². The zero-order valence-electron chi connectivity index (χ0n) is 11.9. The topological polar surface area (TPSA) is 44.8 Å². The van der Waals surface area contributed by atoms with Crippen LogP contribution in [0, 0.1) is 5.92 Å². The van der Waals surface area contributed by atoms with Crippen molar-refractivity contribution >= 4 is 17.5 Å². The van der Waals surface area contributed by atoms with Gasteiger partial charge >= 0.3 is 0 Å². The maximum Gasteiger partial charge on any atom is 0.218 e. The number of ketones is 1. The summed E-state index contributed by atoms with van der Waals surface area (Å²) in [6.07, 6.45) is 2.00. The molecule has 5 heteroatoms. The Balaban J connectivity index is 1.97. The largest absolute Gasteiger partial charge is 0.374 e. The van der Waals surface area contributed by atoms with Crippen molar-refractivity contribution in [2.45, 2.75) is 45.0 Å². The van der Waals surface area contributed by atoms with Crippen LogP contribution in [0.25, 0.3) is 0 Å². The SMILES string of the molecule is CCOC(OCC)C(=O)C1CCOC2(CCSC2)C1. The molecule has 2 aliphatic rings. The fourth-order valence-electron chi connectivity index (χ4n) is 2.84. The number of thioether (sulfide) groups is 1. The molecule has 2 saturated heterocycles. The van der Waals surface area contributed by atoms with Gasteiger partial charge in [0, 0.05) is 31.5 Å². The van der Waals surface area contributed by atoms with Gasteiger partial charge in [0.1, 0.15) is 0 Å². The van der Waals surface area contributed by atoms with Crippen LogP contribution in [-0.4, -0.2) is 49.0 Å². The van der Waals surface area contributed by atoms with Gasteiger partial charge in [-0.05, 0) is 38.9 Å². The predicted octanol–water partition coefficient (Wildman–Crippen LogP) is 2.26. The second-order valence-electron chi connectivity index (χ2n) is 5.17. The summed E-state index contributed by atoms with van der Waals surface area (Å²) in [5, 5.41) is 0. The van der Waals surface area contributed by atoms with Crippen LogP contribution < -0.4 is 0 Å². The molecule has 0 radical (unpaired) electrons. The standard InChI is InChI=1S/C14H24O4S/c1-3-16-13(17-4-2)12(15)11-5-7-18-14(9-11)6-8-19-10-14/h11,13H,3-10H2,1-2H3. The molecule has 2 fully saturated rings. The lowest BCUT2D eigenvalue weighted by atomic mass is 9.83. The van der Waals surface area contributed by atoms with Crippen LogP contribution in [0.15, 0.2) is 0 Å². The number of rotatable bonds is 6. The van der Waals surface area contributed by atoms with Gasteiger partial charge in [0.15, 0.2) is 5.78 Å². The molecule has 0 aromatic heterocycles. The van der Waals surface area contributed by atoms with Crippen molar-refractivity contribution in [1.82, 2.24) is 0 Å². The summed E-state index contributed by atoms with van der Waals surface area (Å²) in [6.45, 7) is 5.46. The molecule has 4 nitrogen and oxygen atoms in total. The summed E-state index contributed by atoms with van der Waals surface area (Å²) >= 11 is 1.92. The Labute approximate surface area is 119 Å². The first-order valence-corrected chi connectivity index (χ1v) is 8.35. The first-order chi connectivity index (χ1) is 9.21. The molecule has 110 valence electrons. The minimum atomic E-state index is -0.691. The summed E-state index contributed by atoms with van der Waals surface area (Å²) < 4.78 is 16.8. The van der Waals surface area contributed by atoms with Gasteiger partial charge in [-0.25, -0.2) is 0 Å². The summed E-state index contributed by atoms with van der Waals surface area (Å²) in [5.74, 6) is 2.28. The number of Topliss-reactive ketones (excluding diaryl/α,β-unsaturated/α-hetero) is 1. The van der Waals surface area contributed by atoms with Gasteiger partial charge in [-0.15, -0.1) is 0 Å². The molecule has 0 aliphatic carbocycles. The normalized spacial score (nSPS) is 31.2. The molecule has 19 heavy (non-hydrogen) atoms. The second-order valence-corrected chi connectivity index (χ2v) is 6.27. The van der Waals surface area contributed by atoms with Crippen molar-refractivity contribution in [1.29, 1.82) is 0 Å². The highest BCUT2D eigenvalue weighted by molar-refractivity contribution is 7.99. The first-order valence-electron chi connectivity index (χ1n) is 7.19. The average Bonchev–Trinajstić information content (AvgIpc) is 2.86. The molecule has 2 atom stereocenters. The molecule has 2 heterocycles. The van der Waals surface area contributed by atoms with E-state index in [1.807, 2.05) is 25.6 Å². The van der Waals surface area contributed by atoms with Crippen molar-refractivity contribution in [3.8, 4) is 0 Å². The van der Waals surface area contributed by atoms with E-state index in [2.05, 4.69) is 0 Å². The lowest BCUT2D eigenvalue weighted by Crippen LogP contribution is -2.45. The van der Waals surface area contributed by atoms with Crippen LogP contribution in [0.1, 0.15) is 33.1 Å². The molecule has 0 bridgehead atoms. The molecule has 2 rings (SSSR count). The molecule has 0 saturated carbocycles. The van der Waals surface area contributed by atoms with E-state index in [0.717, 1.165) is 30.8 Å². The third-order valence-electron chi connectivity index (χ3n) is 3.83. The zero-order chi connectivity index (χ0) is 13.7. The quantitative estimate of drug-likeness (QED) is 0.702. The van der Waals surface area contributed by atoms with Gasteiger partial charge in [-0.1, -0.05) is 0 Å². The third kappa shape index (κ3) is 3.72. The van der Waals surface area contributed by atoms with Gasteiger partial charge in [0.25, 0.3) is 0 Å². The van der Waals surface area contributed by atoms with E-state index in [4.69, 9.17) is 14.2 Å². The van der Waals surface area contributed by atoms with Crippen LogP contribution in [0.3, 0.4) is 0 Å². The highest BCUT2D eigenvalue weighted by Gasteiger charge is 2.43. The Morgan fingerprint density at radius 2 is 2.16 bits per heavy atom. The Bertz CT molecular complexity index is 296. The van der Waals surface area contributed by atoms with E-state index in [1.54, 1.807) is 0 Å². The van der Waals surface area contributed by atoms with Gasteiger partial charge in [-0.3, -0.25) is 4.79 Å². The lowest BCUT2D eigenvalue weighted by molar-refractivity contribution is -0.178. The van der Waals surface area contributed by atoms with E-state index >= 15 is 0 Å². The van der Waals surface area contributed by atoms with Crippen molar-refractivity contribution in [3.05, 3.63) is 0 Å². The number of carbonyl (C=O) groups is 1. The number of carbonyl (C=O) groups excluding carboxylic acids is 1. The summed E-state index contributed by atoms with van der Waals surface area (Å²) in [5.41, 5.74) is -0.0633. The van der Waals surface area contributed by atoms with Crippen molar-refractivity contribution in [2.24, 2.45) is 5.92 Å². The van der Waals surface area contributed by atoms with Gasteiger partial charge in [0.2, 0.25) is 6.29 Å². The molecular formula is C14H24O4S. The summed E-state index contributed by atoms with van der Waals surface area (Å²) in [6, 6.07) is 0. The summed E-state index contributed by atoms with van der Waals surface area (Å²) in [7, 11) is 0. The molecule has 0 aromatic rings. The predicted molar refractivity (Wildman–Crippen MR) is 75.4 cm³/mol. The van der Waals surface area contributed by atoms with Crippen LogP contribution in [0.4, 0.5) is 0 Å². The fraction of sp³-hybridized carbons (Fsp3) is 0.929. The zero-order valence-corrected chi connectivity index (χ0v) is 12.7. The van der Waals surface area contributed by atoms with Crippen LogP contribution in [0.2, 0.25) is 0 Å². The smallest absolute Gasteiger partial charge is 0.218 e. The monoisotopic (exact) mass is 288 g/mol. The van der Waals surface area contributed by atoms with Gasteiger partial charge in [-0.2, -0.15) is 11.8 Å². The lowest BCUT2D eigenvalue weighted by Gasteiger charge is -2.37. The fourth-order valence-corrected chi connectivity index (χ4v) is 4.22. The Hall–Kier alpha value is -0.100. The highest BCUT2D eigenvalue weighted by Crippen LogP contribution is 2.41. The van der Waals surface area contributed by atoms with Crippen LogP contribution in [0.5, 0.6) is 0 Å². The third-order valence-corrected chi connectivity index (χ3v) is 5.05.